The highest BCUT2D eigenvalue weighted by atomic mass is 14.9. The molecule has 0 aliphatic heterocycles. The van der Waals surface area contributed by atoms with Crippen LogP contribution in [-0.4, -0.2) is 11.5 Å². The van der Waals surface area contributed by atoms with Crippen molar-refractivity contribution in [3.8, 4) is 0 Å². The molecule has 14 heavy (non-hydrogen) atoms. The molecular weight excluding hydrogens is 172 g/mol. The van der Waals surface area contributed by atoms with Crippen molar-refractivity contribution in [1.29, 1.82) is 0 Å². The van der Waals surface area contributed by atoms with Gasteiger partial charge in [0.05, 0.1) is 0 Å². The fourth-order valence-corrected chi connectivity index (χ4v) is 1.17. The van der Waals surface area contributed by atoms with Gasteiger partial charge in [0.1, 0.15) is 0 Å². The molecule has 2 heteroatoms. The SMILES string of the molecule is CCC(C)(C)CNCc1ccncc1. The summed E-state index contributed by atoms with van der Waals surface area (Å²) >= 11 is 0. The van der Waals surface area contributed by atoms with Gasteiger partial charge in [-0.05, 0) is 29.5 Å². The lowest BCUT2D eigenvalue weighted by molar-refractivity contribution is 0.327. The van der Waals surface area contributed by atoms with E-state index >= 15 is 0 Å². The van der Waals surface area contributed by atoms with Gasteiger partial charge in [-0.2, -0.15) is 0 Å². The van der Waals surface area contributed by atoms with Gasteiger partial charge in [-0.25, -0.2) is 0 Å². The van der Waals surface area contributed by atoms with Crippen LogP contribution in [0.15, 0.2) is 24.5 Å². The average molecular weight is 192 g/mol. The van der Waals surface area contributed by atoms with Gasteiger partial charge in [-0.3, -0.25) is 4.98 Å². The third-order valence-electron chi connectivity index (χ3n) is 2.64. The summed E-state index contributed by atoms with van der Waals surface area (Å²) in [7, 11) is 0. The molecule has 0 saturated carbocycles. The fourth-order valence-electron chi connectivity index (χ4n) is 1.17. The monoisotopic (exact) mass is 192 g/mol. The largest absolute Gasteiger partial charge is 0.312 e. The number of hydrogen-bond donors (Lipinski definition) is 1. The van der Waals surface area contributed by atoms with Crippen LogP contribution < -0.4 is 5.32 Å². The fraction of sp³-hybridized carbons (Fsp3) is 0.583. The van der Waals surface area contributed by atoms with Crippen molar-refractivity contribution in [1.82, 2.24) is 10.3 Å². The molecule has 2 nitrogen and oxygen atoms in total. The predicted molar refractivity (Wildman–Crippen MR) is 60.0 cm³/mol. The lowest BCUT2D eigenvalue weighted by Gasteiger charge is -2.22. The van der Waals surface area contributed by atoms with E-state index in [4.69, 9.17) is 0 Å². The van der Waals surface area contributed by atoms with Gasteiger partial charge < -0.3 is 5.32 Å². The van der Waals surface area contributed by atoms with Crippen molar-refractivity contribution in [2.45, 2.75) is 33.7 Å². The summed E-state index contributed by atoms with van der Waals surface area (Å²) in [5.74, 6) is 0. The molecule has 0 saturated heterocycles. The molecule has 0 spiro atoms. The van der Waals surface area contributed by atoms with Gasteiger partial charge in [-0.1, -0.05) is 20.8 Å². The molecule has 0 amide bonds. The van der Waals surface area contributed by atoms with Crippen molar-refractivity contribution in [3.05, 3.63) is 30.1 Å². The molecule has 0 aromatic carbocycles. The normalized spacial score (nSPS) is 11.6. The first-order valence-corrected chi connectivity index (χ1v) is 5.24. The first-order chi connectivity index (χ1) is 6.64. The van der Waals surface area contributed by atoms with Crippen LogP contribution in [0.4, 0.5) is 0 Å². The first kappa shape index (κ1) is 11.2. The summed E-state index contributed by atoms with van der Waals surface area (Å²) in [6.07, 6.45) is 4.88. The smallest absolute Gasteiger partial charge is 0.0271 e. The zero-order valence-electron chi connectivity index (χ0n) is 9.38. The Morgan fingerprint density at radius 3 is 2.50 bits per heavy atom. The molecule has 0 radical (unpaired) electrons. The minimum atomic E-state index is 0.396. The van der Waals surface area contributed by atoms with E-state index in [1.54, 1.807) is 0 Å². The van der Waals surface area contributed by atoms with Crippen LogP contribution in [-0.2, 0) is 6.54 Å². The van der Waals surface area contributed by atoms with E-state index in [1.807, 2.05) is 24.5 Å². The lowest BCUT2D eigenvalue weighted by Crippen LogP contribution is -2.28. The maximum Gasteiger partial charge on any atom is 0.0271 e. The van der Waals surface area contributed by atoms with Crippen molar-refractivity contribution in [2.24, 2.45) is 5.41 Å². The Kier molecular flexibility index (Phi) is 4.08. The highest BCUT2D eigenvalue weighted by Gasteiger charge is 2.13. The minimum Gasteiger partial charge on any atom is -0.312 e. The number of aromatic nitrogens is 1. The molecule has 1 N–H and O–H groups in total. The zero-order valence-corrected chi connectivity index (χ0v) is 9.38. The molecule has 0 aliphatic carbocycles. The number of hydrogen-bond acceptors (Lipinski definition) is 2. The molecule has 0 atom stereocenters. The van der Waals surface area contributed by atoms with Crippen molar-refractivity contribution in [3.63, 3.8) is 0 Å². The molecular formula is C12H20N2. The molecule has 0 unspecified atom stereocenters. The van der Waals surface area contributed by atoms with Crippen LogP contribution in [0.1, 0.15) is 32.8 Å². The molecule has 1 aromatic rings. The van der Waals surface area contributed by atoms with E-state index in [2.05, 4.69) is 31.1 Å². The van der Waals surface area contributed by atoms with E-state index < -0.39 is 0 Å². The van der Waals surface area contributed by atoms with Gasteiger partial charge >= 0.3 is 0 Å². The third-order valence-corrected chi connectivity index (χ3v) is 2.64. The Morgan fingerprint density at radius 2 is 1.93 bits per heavy atom. The van der Waals surface area contributed by atoms with Crippen molar-refractivity contribution >= 4 is 0 Å². The number of nitrogens with one attached hydrogen (secondary N) is 1. The second-order valence-corrected chi connectivity index (χ2v) is 4.48. The molecule has 1 heterocycles. The van der Waals surface area contributed by atoms with Crippen molar-refractivity contribution in [2.75, 3.05) is 6.54 Å². The first-order valence-electron chi connectivity index (χ1n) is 5.24. The summed E-state index contributed by atoms with van der Waals surface area (Å²) < 4.78 is 0. The molecule has 0 fully saturated rings. The standard InChI is InChI=1S/C12H20N2/c1-4-12(2,3)10-14-9-11-5-7-13-8-6-11/h5-8,14H,4,9-10H2,1-3H3. The van der Waals surface area contributed by atoms with E-state index in [1.165, 1.54) is 12.0 Å². The molecule has 1 rings (SSSR count). The van der Waals surface area contributed by atoms with E-state index in [-0.39, 0.29) is 0 Å². The van der Waals surface area contributed by atoms with E-state index in [0.29, 0.717) is 5.41 Å². The van der Waals surface area contributed by atoms with E-state index in [9.17, 15) is 0 Å². The Hall–Kier alpha value is -0.890. The second-order valence-electron chi connectivity index (χ2n) is 4.48. The number of nitrogens with zero attached hydrogens (tertiary/aromatic N) is 1. The average Bonchev–Trinajstić information content (AvgIpc) is 2.19. The summed E-state index contributed by atoms with van der Waals surface area (Å²) in [6.45, 7) is 8.80. The highest BCUT2D eigenvalue weighted by Crippen LogP contribution is 2.17. The van der Waals surface area contributed by atoms with Crippen LogP contribution in [0.25, 0.3) is 0 Å². The van der Waals surface area contributed by atoms with Crippen LogP contribution in [0, 0.1) is 5.41 Å². The van der Waals surface area contributed by atoms with E-state index in [0.717, 1.165) is 13.1 Å². The van der Waals surface area contributed by atoms with Crippen LogP contribution in [0.2, 0.25) is 0 Å². The third kappa shape index (κ3) is 3.88. The molecule has 0 bridgehead atoms. The van der Waals surface area contributed by atoms with Gasteiger partial charge in [0.2, 0.25) is 0 Å². The minimum absolute atomic E-state index is 0.396. The molecule has 0 aliphatic rings. The van der Waals surface area contributed by atoms with Crippen molar-refractivity contribution < 1.29 is 0 Å². The quantitative estimate of drug-likeness (QED) is 0.775. The molecule has 1 aromatic heterocycles. The maximum atomic E-state index is 3.99. The number of rotatable bonds is 5. The number of pyridine rings is 1. The summed E-state index contributed by atoms with van der Waals surface area (Å²) in [4.78, 5) is 3.99. The van der Waals surface area contributed by atoms with Gasteiger partial charge in [0, 0.05) is 25.5 Å². The Labute approximate surface area is 86.8 Å². The Bertz CT molecular complexity index is 254. The van der Waals surface area contributed by atoms with Crippen LogP contribution in [0.5, 0.6) is 0 Å². The second kappa shape index (κ2) is 5.11. The van der Waals surface area contributed by atoms with Crippen LogP contribution in [0.3, 0.4) is 0 Å². The highest BCUT2D eigenvalue weighted by molar-refractivity contribution is 5.08. The van der Waals surface area contributed by atoms with Gasteiger partial charge in [-0.15, -0.1) is 0 Å². The van der Waals surface area contributed by atoms with Gasteiger partial charge in [0.15, 0.2) is 0 Å². The summed E-state index contributed by atoms with van der Waals surface area (Å²) in [6, 6.07) is 4.10. The summed E-state index contributed by atoms with van der Waals surface area (Å²) in [5, 5.41) is 3.47. The Balaban J connectivity index is 2.29. The van der Waals surface area contributed by atoms with Gasteiger partial charge in [0.25, 0.3) is 0 Å². The predicted octanol–water partition coefficient (Wildman–Crippen LogP) is 2.61. The van der Waals surface area contributed by atoms with Crippen LogP contribution >= 0.6 is 0 Å². The maximum absolute atomic E-state index is 3.99. The summed E-state index contributed by atoms with van der Waals surface area (Å²) in [5.41, 5.74) is 1.69. The molecule has 78 valence electrons. The Morgan fingerprint density at radius 1 is 1.29 bits per heavy atom. The topological polar surface area (TPSA) is 24.9 Å². The lowest BCUT2D eigenvalue weighted by atomic mass is 9.90. The zero-order chi connectivity index (χ0) is 10.4.